The molecule has 20 heavy (non-hydrogen) atoms. The summed E-state index contributed by atoms with van der Waals surface area (Å²) in [4.78, 5) is 27.3. The molecule has 1 aromatic carbocycles. The molecule has 0 radical (unpaired) electrons. The lowest BCUT2D eigenvalue weighted by atomic mass is 10.1. The van der Waals surface area contributed by atoms with Crippen LogP contribution in [0.5, 0.6) is 5.75 Å². The molecule has 104 valence electrons. The van der Waals surface area contributed by atoms with Crippen LogP contribution in [0.4, 0.5) is 5.13 Å². The smallest absolute Gasteiger partial charge is 0.308 e. The first kappa shape index (κ1) is 14.7. The number of halogens is 1. The van der Waals surface area contributed by atoms with Crippen LogP contribution in [0.25, 0.3) is 0 Å². The lowest BCUT2D eigenvalue weighted by Gasteiger charge is -2.09. The van der Waals surface area contributed by atoms with E-state index in [9.17, 15) is 9.59 Å². The van der Waals surface area contributed by atoms with Crippen molar-refractivity contribution in [3.8, 4) is 5.75 Å². The zero-order chi connectivity index (χ0) is 14.7. The van der Waals surface area contributed by atoms with Crippen molar-refractivity contribution in [2.75, 3.05) is 5.32 Å². The van der Waals surface area contributed by atoms with Gasteiger partial charge in [-0.05, 0) is 35.0 Å². The molecular weight excluding hydrogens is 344 g/mol. The predicted molar refractivity (Wildman–Crippen MR) is 80.3 cm³/mol. The van der Waals surface area contributed by atoms with Gasteiger partial charge in [0.25, 0.3) is 5.91 Å². The fraction of sp³-hybridized carbons (Fsp3) is 0.154. The number of carbonyl (C=O) groups excluding carboxylic acids is 2. The van der Waals surface area contributed by atoms with Crippen molar-refractivity contribution in [3.63, 3.8) is 0 Å². The number of amides is 1. The Morgan fingerprint density at radius 3 is 2.75 bits per heavy atom. The third-order valence-corrected chi connectivity index (χ3v) is 3.72. The number of benzene rings is 1. The molecule has 0 spiro atoms. The van der Waals surface area contributed by atoms with Gasteiger partial charge < -0.3 is 4.74 Å². The second kappa shape index (κ2) is 6.15. The minimum atomic E-state index is -0.472. The zero-order valence-electron chi connectivity index (χ0n) is 10.8. The average Bonchev–Trinajstić information content (AvgIpc) is 2.76. The standard InChI is InChI=1S/C13H11BrN2O3S/c1-7-3-4-10(19-8(2)17)9(5-7)12(18)16-13-15-6-11(14)20-13/h3-6H,1-2H3,(H,15,16,18). The number of thiazole rings is 1. The molecule has 7 heteroatoms. The minimum absolute atomic E-state index is 0.233. The van der Waals surface area contributed by atoms with Crippen molar-refractivity contribution in [2.24, 2.45) is 0 Å². The summed E-state index contributed by atoms with van der Waals surface area (Å²) in [6.45, 7) is 3.15. The van der Waals surface area contributed by atoms with E-state index in [1.165, 1.54) is 18.3 Å². The number of aryl methyl sites for hydroxylation is 1. The summed E-state index contributed by atoms with van der Waals surface area (Å²) in [6.07, 6.45) is 1.60. The monoisotopic (exact) mass is 354 g/mol. The maximum atomic E-state index is 12.2. The number of anilines is 1. The Hall–Kier alpha value is -1.73. The number of hydrogen-bond acceptors (Lipinski definition) is 5. The Bertz CT molecular complexity index is 669. The number of aromatic nitrogens is 1. The zero-order valence-corrected chi connectivity index (χ0v) is 13.2. The molecule has 0 atom stereocenters. The predicted octanol–water partition coefficient (Wildman–Crippen LogP) is 3.39. The minimum Gasteiger partial charge on any atom is -0.426 e. The van der Waals surface area contributed by atoms with E-state index >= 15 is 0 Å². The van der Waals surface area contributed by atoms with Gasteiger partial charge in [-0.1, -0.05) is 23.0 Å². The highest BCUT2D eigenvalue weighted by atomic mass is 79.9. The van der Waals surface area contributed by atoms with E-state index in [0.29, 0.717) is 10.7 Å². The Morgan fingerprint density at radius 2 is 2.15 bits per heavy atom. The van der Waals surface area contributed by atoms with Gasteiger partial charge in [0.15, 0.2) is 5.13 Å². The lowest BCUT2D eigenvalue weighted by Crippen LogP contribution is -2.15. The average molecular weight is 355 g/mol. The summed E-state index contributed by atoms with van der Waals surface area (Å²) in [5, 5.41) is 3.14. The van der Waals surface area contributed by atoms with Crippen LogP contribution in [0.2, 0.25) is 0 Å². The third kappa shape index (κ3) is 3.64. The summed E-state index contributed by atoms with van der Waals surface area (Å²) in [5.41, 5.74) is 1.19. The van der Waals surface area contributed by atoms with Crippen molar-refractivity contribution in [2.45, 2.75) is 13.8 Å². The summed E-state index contributed by atoms with van der Waals surface area (Å²) < 4.78 is 5.86. The molecule has 0 unspecified atom stereocenters. The summed E-state index contributed by atoms with van der Waals surface area (Å²) in [6, 6.07) is 5.04. The second-order valence-electron chi connectivity index (χ2n) is 4.02. The van der Waals surface area contributed by atoms with Gasteiger partial charge in [-0.3, -0.25) is 14.9 Å². The quantitative estimate of drug-likeness (QED) is 0.677. The molecule has 1 aromatic heterocycles. The van der Waals surface area contributed by atoms with Crippen molar-refractivity contribution < 1.29 is 14.3 Å². The fourth-order valence-corrected chi connectivity index (χ4v) is 2.64. The van der Waals surface area contributed by atoms with E-state index in [1.807, 2.05) is 6.92 Å². The molecule has 0 saturated heterocycles. The summed E-state index contributed by atoms with van der Waals surface area (Å²) >= 11 is 4.57. The van der Waals surface area contributed by atoms with Crippen LogP contribution in [0.1, 0.15) is 22.8 Å². The number of esters is 1. The van der Waals surface area contributed by atoms with E-state index in [2.05, 4.69) is 26.2 Å². The van der Waals surface area contributed by atoms with Gasteiger partial charge in [0.2, 0.25) is 0 Å². The van der Waals surface area contributed by atoms with E-state index in [4.69, 9.17) is 4.74 Å². The number of hydrogen-bond donors (Lipinski definition) is 1. The van der Waals surface area contributed by atoms with Crippen molar-refractivity contribution in [1.82, 2.24) is 4.98 Å². The molecule has 0 bridgehead atoms. The van der Waals surface area contributed by atoms with Crippen molar-refractivity contribution >= 4 is 44.3 Å². The highest BCUT2D eigenvalue weighted by molar-refractivity contribution is 9.11. The SMILES string of the molecule is CC(=O)Oc1ccc(C)cc1C(=O)Nc1ncc(Br)s1. The first-order valence-corrected chi connectivity index (χ1v) is 7.28. The van der Waals surface area contributed by atoms with Gasteiger partial charge in [0, 0.05) is 6.92 Å². The normalized spacial score (nSPS) is 10.2. The molecule has 0 aliphatic carbocycles. The molecule has 1 N–H and O–H groups in total. The molecule has 0 aliphatic rings. The Balaban J connectivity index is 2.27. The number of carbonyl (C=O) groups is 2. The molecule has 2 aromatic rings. The number of rotatable bonds is 3. The number of nitrogens with zero attached hydrogens (tertiary/aromatic N) is 1. The van der Waals surface area contributed by atoms with Crippen LogP contribution in [0, 0.1) is 6.92 Å². The molecule has 0 saturated carbocycles. The van der Waals surface area contributed by atoms with Crippen LogP contribution in [-0.2, 0) is 4.79 Å². The Morgan fingerprint density at radius 1 is 1.40 bits per heavy atom. The maximum Gasteiger partial charge on any atom is 0.308 e. The van der Waals surface area contributed by atoms with Crippen molar-refractivity contribution in [1.29, 1.82) is 0 Å². The highest BCUT2D eigenvalue weighted by Gasteiger charge is 2.15. The Labute approximate surface area is 128 Å². The van der Waals surface area contributed by atoms with Gasteiger partial charge >= 0.3 is 5.97 Å². The molecular formula is C13H11BrN2O3S. The second-order valence-corrected chi connectivity index (χ2v) is 6.43. The summed E-state index contributed by atoms with van der Waals surface area (Å²) in [5.74, 6) is -0.608. The number of ether oxygens (including phenoxy) is 1. The molecule has 5 nitrogen and oxygen atoms in total. The molecule has 1 heterocycles. The van der Waals surface area contributed by atoms with Crippen LogP contribution in [0.15, 0.2) is 28.2 Å². The fourth-order valence-electron chi connectivity index (χ4n) is 1.54. The molecule has 2 rings (SSSR count). The van der Waals surface area contributed by atoms with Gasteiger partial charge in [-0.15, -0.1) is 0 Å². The number of nitrogens with one attached hydrogen (secondary N) is 1. The van der Waals surface area contributed by atoms with Crippen LogP contribution < -0.4 is 10.1 Å². The highest BCUT2D eigenvalue weighted by Crippen LogP contribution is 2.26. The molecule has 1 amide bonds. The van der Waals surface area contributed by atoms with Crippen molar-refractivity contribution in [3.05, 3.63) is 39.3 Å². The first-order valence-electron chi connectivity index (χ1n) is 5.67. The van der Waals surface area contributed by atoms with E-state index in [1.54, 1.807) is 24.4 Å². The van der Waals surface area contributed by atoms with E-state index in [0.717, 1.165) is 9.35 Å². The lowest BCUT2D eigenvalue weighted by molar-refractivity contribution is -0.131. The van der Waals surface area contributed by atoms with Gasteiger partial charge in [0.1, 0.15) is 5.75 Å². The largest absolute Gasteiger partial charge is 0.426 e. The van der Waals surface area contributed by atoms with Crippen LogP contribution >= 0.6 is 27.3 Å². The maximum absolute atomic E-state index is 12.2. The topological polar surface area (TPSA) is 68.3 Å². The van der Waals surface area contributed by atoms with Gasteiger partial charge in [0.05, 0.1) is 15.5 Å². The first-order chi connectivity index (χ1) is 9.45. The Kier molecular flexibility index (Phi) is 4.51. The van der Waals surface area contributed by atoms with Crippen LogP contribution in [0.3, 0.4) is 0 Å². The van der Waals surface area contributed by atoms with E-state index < -0.39 is 5.97 Å². The summed E-state index contributed by atoms with van der Waals surface area (Å²) in [7, 11) is 0. The van der Waals surface area contributed by atoms with E-state index in [-0.39, 0.29) is 11.7 Å². The van der Waals surface area contributed by atoms with Gasteiger partial charge in [-0.2, -0.15) is 0 Å². The van der Waals surface area contributed by atoms with Crippen LogP contribution in [-0.4, -0.2) is 16.9 Å². The molecule has 0 fully saturated rings. The third-order valence-electron chi connectivity index (χ3n) is 2.33. The molecule has 0 aliphatic heterocycles. The van der Waals surface area contributed by atoms with Gasteiger partial charge in [-0.25, -0.2) is 4.98 Å².